The maximum atomic E-state index is 12.6. The first kappa shape index (κ1) is 16.5. The standard InChI is InChI=1S/C18H25NO3/c1-18(11-5-6-12-18)17(22)19-15(9-10-16(20)21)13-14-7-3-2-4-8-14/h2-4,7-8,15H,5-6,9-13H2,1H3,(H,19,22)(H,20,21). The number of hydrogen-bond donors (Lipinski definition) is 2. The minimum absolute atomic E-state index is 0.0779. The number of aliphatic carboxylic acids is 1. The van der Waals surface area contributed by atoms with E-state index in [1.54, 1.807) is 0 Å². The van der Waals surface area contributed by atoms with Crippen molar-refractivity contribution in [2.75, 3.05) is 0 Å². The van der Waals surface area contributed by atoms with Crippen LogP contribution in [0.25, 0.3) is 0 Å². The van der Waals surface area contributed by atoms with Crippen LogP contribution in [-0.2, 0) is 16.0 Å². The van der Waals surface area contributed by atoms with Gasteiger partial charge in [0.2, 0.25) is 5.91 Å². The zero-order valence-electron chi connectivity index (χ0n) is 13.2. The Morgan fingerprint density at radius 3 is 2.45 bits per heavy atom. The molecular weight excluding hydrogens is 278 g/mol. The summed E-state index contributed by atoms with van der Waals surface area (Å²) >= 11 is 0. The normalized spacial score (nSPS) is 17.9. The van der Waals surface area contributed by atoms with Gasteiger partial charge in [0.25, 0.3) is 0 Å². The van der Waals surface area contributed by atoms with Crippen LogP contribution in [-0.4, -0.2) is 23.0 Å². The lowest BCUT2D eigenvalue weighted by Crippen LogP contribution is -2.44. The van der Waals surface area contributed by atoms with Gasteiger partial charge >= 0.3 is 5.97 Å². The lowest BCUT2D eigenvalue weighted by molar-refractivity contribution is -0.138. The van der Waals surface area contributed by atoms with E-state index < -0.39 is 5.97 Å². The maximum Gasteiger partial charge on any atom is 0.303 e. The molecular formula is C18H25NO3. The molecule has 2 N–H and O–H groups in total. The smallest absolute Gasteiger partial charge is 0.303 e. The molecule has 1 saturated carbocycles. The monoisotopic (exact) mass is 303 g/mol. The molecule has 0 aromatic heterocycles. The first-order valence-corrected chi connectivity index (χ1v) is 8.06. The summed E-state index contributed by atoms with van der Waals surface area (Å²) in [5.41, 5.74) is 0.841. The third-order valence-corrected chi connectivity index (χ3v) is 4.62. The average molecular weight is 303 g/mol. The third kappa shape index (κ3) is 4.58. The van der Waals surface area contributed by atoms with Crippen LogP contribution in [0.4, 0.5) is 0 Å². The van der Waals surface area contributed by atoms with Gasteiger partial charge in [-0.2, -0.15) is 0 Å². The maximum absolute atomic E-state index is 12.6. The molecule has 1 aromatic carbocycles. The lowest BCUT2D eigenvalue weighted by atomic mass is 9.87. The molecule has 1 fully saturated rings. The fourth-order valence-electron chi connectivity index (χ4n) is 3.16. The van der Waals surface area contributed by atoms with Crippen LogP contribution in [0, 0.1) is 5.41 Å². The first-order valence-electron chi connectivity index (χ1n) is 8.06. The Balaban J connectivity index is 2.00. The SMILES string of the molecule is CC1(C(=O)NC(CCC(=O)O)Cc2ccccc2)CCCC1. The van der Waals surface area contributed by atoms with Gasteiger partial charge in [-0.3, -0.25) is 9.59 Å². The molecule has 0 saturated heterocycles. The molecule has 0 radical (unpaired) electrons. The summed E-state index contributed by atoms with van der Waals surface area (Å²) in [4.78, 5) is 23.4. The summed E-state index contributed by atoms with van der Waals surface area (Å²) in [6, 6.07) is 9.78. The molecule has 1 unspecified atom stereocenters. The van der Waals surface area contributed by atoms with Crippen LogP contribution in [0.2, 0.25) is 0 Å². The topological polar surface area (TPSA) is 66.4 Å². The summed E-state index contributed by atoms with van der Waals surface area (Å²) < 4.78 is 0. The van der Waals surface area contributed by atoms with E-state index in [0.717, 1.165) is 31.2 Å². The highest BCUT2D eigenvalue weighted by Crippen LogP contribution is 2.37. The van der Waals surface area contributed by atoms with Crippen molar-refractivity contribution in [3.8, 4) is 0 Å². The molecule has 22 heavy (non-hydrogen) atoms. The van der Waals surface area contributed by atoms with Gasteiger partial charge in [0.05, 0.1) is 0 Å². The van der Waals surface area contributed by atoms with Gasteiger partial charge in [0.15, 0.2) is 0 Å². The number of carbonyl (C=O) groups excluding carboxylic acids is 1. The highest BCUT2D eigenvalue weighted by Gasteiger charge is 2.37. The number of rotatable bonds is 7. The second-order valence-corrected chi connectivity index (χ2v) is 6.56. The molecule has 0 aliphatic heterocycles. The second-order valence-electron chi connectivity index (χ2n) is 6.56. The van der Waals surface area contributed by atoms with Gasteiger partial charge in [-0.15, -0.1) is 0 Å². The Hall–Kier alpha value is -1.84. The van der Waals surface area contributed by atoms with Gasteiger partial charge in [0.1, 0.15) is 0 Å². The zero-order chi connectivity index (χ0) is 16.0. The van der Waals surface area contributed by atoms with Crippen molar-refractivity contribution in [2.24, 2.45) is 5.41 Å². The van der Waals surface area contributed by atoms with Crippen molar-refractivity contribution in [3.05, 3.63) is 35.9 Å². The molecule has 1 aliphatic carbocycles. The molecule has 1 aromatic rings. The predicted octanol–water partition coefficient (Wildman–Crippen LogP) is 3.16. The van der Waals surface area contributed by atoms with E-state index >= 15 is 0 Å². The van der Waals surface area contributed by atoms with E-state index in [-0.39, 0.29) is 23.8 Å². The summed E-state index contributed by atoms with van der Waals surface area (Å²) in [5.74, 6) is -0.740. The molecule has 0 spiro atoms. The fraction of sp³-hybridized carbons (Fsp3) is 0.556. The van der Waals surface area contributed by atoms with E-state index in [0.29, 0.717) is 12.8 Å². The van der Waals surface area contributed by atoms with Crippen LogP contribution in [0.3, 0.4) is 0 Å². The Kier molecular flexibility index (Phi) is 5.58. The van der Waals surface area contributed by atoms with Crippen molar-refractivity contribution in [2.45, 2.75) is 57.9 Å². The molecule has 1 aliphatic rings. The lowest BCUT2D eigenvalue weighted by Gasteiger charge is -2.27. The largest absolute Gasteiger partial charge is 0.481 e. The first-order chi connectivity index (χ1) is 10.5. The Labute approximate surface area is 131 Å². The van der Waals surface area contributed by atoms with Crippen molar-refractivity contribution < 1.29 is 14.7 Å². The third-order valence-electron chi connectivity index (χ3n) is 4.62. The van der Waals surface area contributed by atoms with Gasteiger partial charge in [-0.1, -0.05) is 50.1 Å². The van der Waals surface area contributed by atoms with Crippen molar-refractivity contribution in [1.29, 1.82) is 0 Å². The highest BCUT2D eigenvalue weighted by atomic mass is 16.4. The van der Waals surface area contributed by atoms with Crippen molar-refractivity contribution in [3.63, 3.8) is 0 Å². The molecule has 120 valence electrons. The summed E-state index contributed by atoms with van der Waals surface area (Å²) in [7, 11) is 0. The predicted molar refractivity (Wildman–Crippen MR) is 85.5 cm³/mol. The highest BCUT2D eigenvalue weighted by molar-refractivity contribution is 5.82. The van der Waals surface area contributed by atoms with Crippen molar-refractivity contribution in [1.82, 2.24) is 5.32 Å². The van der Waals surface area contributed by atoms with Crippen molar-refractivity contribution >= 4 is 11.9 Å². The molecule has 0 heterocycles. The molecule has 4 heteroatoms. The molecule has 4 nitrogen and oxygen atoms in total. The van der Waals surface area contributed by atoms with E-state index in [4.69, 9.17) is 5.11 Å². The average Bonchev–Trinajstić information content (AvgIpc) is 2.94. The molecule has 1 amide bonds. The number of amides is 1. The Morgan fingerprint density at radius 1 is 1.23 bits per heavy atom. The van der Waals surface area contributed by atoms with Gasteiger partial charge in [0, 0.05) is 17.9 Å². The zero-order valence-corrected chi connectivity index (χ0v) is 13.2. The Bertz CT molecular complexity index is 506. The summed E-state index contributed by atoms with van der Waals surface area (Å²) in [5, 5.41) is 12.0. The van der Waals surface area contributed by atoms with Gasteiger partial charge < -0.3 is 10.4 Å². The quantitative estimate of drug-likeness (QED) is 0.813. The second kappa shape index (κ2) is 7.43. The number of hydrogen-bond acceptors (Lipinski definition) is 2. The molecule has 0 bridgehead atoms. The molecule has 2 rings (SSSR count). The number of benzene rings is 1. The minimum atomic E-state index is -0.820. The van der Waals surface area contributed by atoms with E-state index in [1.165, 1.54) is 0 Å². The summed E-state index contributed by atoms with van der Waals surface area (Å²) in [6.07, 6.45) is 5.27. The summed E-state index contributed by atoms with van der Waals surface area (Å²) in [6.45, 7) is 2.02. The number of carboxylic acid groups (broad SMARTS) is 1. The van der Waals surface area contributed by atoms with Crippen LogP contribution in [0.15, 0.2) is 30.3 Å². The fourth-order valence-corrected chi connectivity index (χ4v) is 3.16. The Morgan fingerprint density at radius 2 is 1.86 bits per heavy atom. The van der Waals surface area contributed by atoms with Gasteiger partial charge in [-0.25, -0.2) is 0 Å². The van der Waals surface area contributed by atoms with E-state index in [2.05, 4.69) is 5.32 Å². The number of carboxylic acids is 1. The van der Waals surface area contributed by atoms with E-state index in [9.17, 15) is 9.59 Å². The van der Waals surface area contributed by atoms with Gasteiger partial charge in [-0.05, 0) is 31.2 Å². The van der Waals surface area contributed by atoms with Crippen LogP contribution in [0.5, 0.6) is 0 Å². The van der Waals surface area contributed by atoms with Crippen LogP contribution < -0.4 is 5.32 Å². The van der Waals surface area contributed by atoms with Crippen LogP contribution >= 0.6 is 0 Å². The number of nitrogens with one attached hydrogen (secondary N) is 1. The van der Waals surface area contributed by atoms with Crippen LogP contribution in [0.1, 0.15) is 51.0 Å². The van der Waals surface area contributed by atoms with E-state index in [1.807, 2.05) is 37.3 Å². The number of carbonyl (C=O) groups is 2. The molecule has 1 atom stereocenters. The minimum Gasteiger partial charge on any atom is -0.481 e.